The van der Waals surface area contributed by atoms with Gasteiger partial charge < -0.3 is 9.84 Å². The van der Waals surface area contributed by atoms with Crippen LogP contribution in [0.2, 0.25) is 0 Å². The predicted molar refractivity (Wildman–Crippen MR) is 95.5 cm³/mol. The molecule has 1 fully saturated rings. The van der Waals surface area contributed by atoms with E-state index in [1.54, 1.807) is 0 Å². The Kier molecular flexibility index (Phi) is 10.9. The van der Waals surface area contributed by atoms with Crippen molar-refractivity contribution >= 4 is 5.97 Å². The van der Waals surface area contributed by atoms with Gasteiger partial charge in [-0.1, -0.05) is 55.5 Å². The number of hydrogen-bond donors (Lipinski definition) is 1. The topological polar surface area (TPSA) is 49.8 Å². The number of ether oxygens (including phenoxy) is 1. The maximum atomic E-state index is 10.4. The molecule has 128 valence electrons. The molecule has 0 unspecified atom stereocenters. The van der Waals surface area contributed by atoms with E-state index in [0.29, 0.717) is 18.6 Å². The number of carboxylic acid groups (broad SMARTS) is 1. The van der Waals surface area contributed by atoms with Crippen molar-refractivity contribution in [3.05, 3.63) is 48.6 Å². The zero-order chi connectivity index (χ0) is 16.8. The van der Waals surface area contributed by atoms with Crippen LogP contribution in [-0.4, -0.2) is 23.3 Å². The lowest BCUT2D eigenvalue weighted by atomic mass is 10.1. The van der Waals surface area contributed by atoms with Crippen molar-refractivity contribution < 1.29 is 14.6 Å². The third-order valence-electron chi connectivity index (χ3n) is 3.63. The van der Waals surface area contributed by atoms with Gasteiger partial charge in [0.25, 0.3) is 0 Å². The number of carboxylic acids is 1. The van der Waals surface area contributed by atoms with E-state index in [4.69, 9.17) is 9.84 Å². The van der Waals surface area contributed by atoms with E-state index in [2.05, 4.69) is 55.5 Å². The summed E-state index contributed by atoms with van der Waals surface area (Å²) in [6.07, 6.45) is 24.9. The minimum atomic E-state index is -0.719. The average molecular weight is 318 g/mol. The lowest BCUT2D eigenvalue weighted by Crippen LogP contribution is -1.93. The Labute approximate surface area is 140 Å². The molecule has 1 aliphatic rings. The fraction of sp³-hybridized carbons (Fsp3) is 0.550. The van der Waals surface area contributed by atoms with Gasteiger partial charge in [0.1, 0.15) is 0 Å². The highest BCUT2D eigenvalue weighted by molar-refractivity contribution is 5.66. The first kappa shape index (κ1) is 19.4. The number of hydrogen-bond acceptors (Lipinski definition) is 2. The summed E-state index contributed by atoms with van der Waals surface area (Å²) in [5.41, 5.74) is 0. The van der Waals surface area contributed by atoms with Crippen molar-refractivity contribution in [3.63, 3.8) is 0 Å². The van der Waals surface area contributed by atoms with E-state index in [1.165, 1.54) is 0 Å². The van der Waals surface area contributed by atoms with Crippen LogP contribution in [0.5, 0.6) is 0 Å². The predicted octanol–water partition coefficient (Wildman–Crippen LogP) is 5.20. The zero-order valence-electron chi connectivity index (χ0n) is 14.2. The average Bonchev–Trinajstić information content (AvgIpc) is 3.27. The third kappa shape index (κ3) is 11.6. The maximum absolute atomic E-state index is 10.4. The van der Waals surface area contributed by atoms with Gasteiger partial charge in [-0.2, -0.15) is 0 Å². The molecular formula is C20H30O3. The summed E-state index contributed by atoms with van der Waals surface area (Å²) in [7, 11) is 0. The Morgan fingerprint density at radius 3 is 2.09 bits per heavy atom. The second-order valence-electron chi connectivity index (χ2n) is 5.74. The summed E-state index contributed by atoms with van der Waals surface area (Å²) < 4.78 is 5.61. The van der Waals surface area contributed by atoms with Gasteiger partial charge >= 0.3 is 5.97 Å². The van der Waals surface area contributed by atoms with E-state index >= 15 is 0 Å². The fourth-order valence-electron chi connectivity index (χ4n) is 2.25. The molecule has 0 spiro atoms. The summed E-state index contributed by atoms with van der Waals surface area (Å²) in [5, 5.41) is 8.53. The molecule has 2 atom stereocenters. The van der Waals surface area contributed by atoms with Crippen LogP contribution in [0.15, 0.2) is 48.6 Å². The van der Waals surface area contributed by atoms with Gasteiger partial charge in [-0.25, -0.2) is 0 Å². The molecule has 0 saturated carbocycles. The minimum absolute atomic E-state index is 0.251. The van der Waals surface area contributed by atoms with Crippen molar-refractivity contribution in [2.24, 2.45) is 0 Å². The number of carbonyl (C=O) groups is 1. The zero-order valence-corrected chi connectivity index (χ0v) is 14.2. The molecule has 1 N–H and O–H groups in total. The minimum Gasteiger partial charge on any atom is -0.481 e. The van der Waals surface area contributed by atoms with E-state index in [0.717, 1.165) is 38.5 Å². The monoisotopic (exact) mass is 318 g/mol. The quantitative estimate of drug-likeness (QED) is 0.288. The summed E-state index contributed by atoms with van der Waals surface area (Å²) in [4.78, 5) is 10.4. The number of epoxide rings is 1. The van der Waals surface area contributed by atoms with E-state index in [9.17, 15) is 4.79 Å². The molecule has 1 heterocycles. The van der Waals surface area contributed by atoms with Crippen LogP contribution in [0, 0.1) is 0 Å². The van der Waals surface area contributed by atoms with Crippen LogP contribution in [0.25, 0.3) is 0 Å². The maximum Gasteiger partial charge on any atom is 0.303 e. The SMILES string of the molecule is CC/C=C\C/C=C\C/C=C\C[C@@H]1O[C@@H]1C/C=C\CCCC(=O)O. The van der Waals surface area contributed by atoms with Crippen molar-refractivity contribution in [1.29, 1.82) is 0 Å². The highest BCUT2D eigenvalue weighted by atomic mass is 16.6. The number of aliphatic carboxylic acids is 1. The summed E-state index contributed by atoms with van der Waals surface area (Å²) >= 11 is 0. The van der Waals surface area contributed by atoms with E-state index in [-0.39, 0.29) is 6.42 Å². The highest BCUT2D eigenvalue weighted by Gasteiger charge is 2.35. The van der Waals surface area contributed by atoms with Crippen molar-refractivity contribution in [2.75, 3.05) is 0 Å². The van der Waals surface area contributed by atoms with Crippen LogP contribution in [0.1, 0.15) is 58.3 Å². The number of allylic oxidation sites excluding steroid dienone is 6. The van der Waals surface area contributed by atoms with Crippen LogP contribution in [-0.2, 0) is 9.53 Å². The Bertz CT molecular complexity index is 432. The second-order valence-corrected chi connectivity index (χ2v) is 5.74. The van der Waals surface area contributed by atoms with Gasteiger partial charge in [0.15, 0.2) is 0 Å². The van der Waals surface area contributed by atoms with Gasteiger partial charge in [0, 0.05) is 6.42 Å². The molecule has 0 radical (unpaired) electrons. The van der Waals surface area contributed by atoms with Gasteiger partial charge in [-0.3, -0.25) is 4.79 Å². The van der Waals surface area contributed by atoms with Gasteiger partial charge in [-0.05, 0) is 44.9 Å². The van der Waals surface area contributed by atoms with Gasteiger partial charge in [0.05, 0.1) is 12.2 Å². The van der Waals surface area contributed by atoms with Crippen molar-refractivity contribution in [1.82, 2.24) is 0 Å². The van der Waals surface area contributed by atoms with Gasteiger partial charge in [-0.15, -0.1) is 0 Å². The molecule has 0 aromatic carbocycles. The molecule has 0 amide bonds. The molecule has 3 heteroatoms. The molecule has 1 rings (SSSR count). The first-order valence-corrected chi connectivity index (χ1v) is 8.71. The lowest BCUT2D eigenvalue weighted by molar-refractivity contribution is -0.137. The molecule has 23 heavy (non-hydrogen) atoms. The Morgan fingerprint density at radius 1 is 0.913 bits per heavy atom. The van der Waals surface area contributed by atoms with Gasteiger partial charge in [0.2, 0.25) is 0 Å². The highest BCUT2D eigenvalue weighted by Crippen LogP contribution is 2.29. The molecule has 1 aliphatic heterocycles. The van der Waals surface area contributed by atoms with E-state index < -0.39 is 5.97 Å². The molecule has 3 nitrogen and oxygen atoms in total. The van der Waals surface area contributed by atoms with Crippen molar-refractivity contribution in [3.8, 4) is 0 Å². The summed E-state index contributed by atoms with van der Waals surface area (Å²) in [5.74, 6) is -0.719. The normalized spacial score (nSPS) is 21.3. The molecule has 0 aromatic heterocycles. The van der Waals surface area contributed by atoms with Crippen LogP contribution in [0.3, 0.4) is 0 Å². The summed E-state index contributed by atoms with van der Waals surface area (Å²) in [6.45, 7) is 2.14. The number of rotatable bonds is 13. The molecule has 1 saturated heterocycles. The lowest BCUT2D eigenvalue weighted by Gasteiger charge is -1.91. The standard InChI is InChI=1S/C20H30O3/c1-2-3-4-5-6-7-8-9-12-15-18-19(23-18)16-13-10-11-14-17-20(21)22/h3-4,6-7,9-10,12-13,18-19H,2,5,8,11,14-17H2,1H3,(H,21,22)/b4-3-,7-6-,12-9-,13-10-/t18-,19+/m0/s1. The molecule has 0 aliphatic carbocycles. The van der Waals surface area contributed by atoms with E-state index in [1.807, 2.05) is 0 Å². The van der Waals surface area contributed by atoms with Crippen LogP contribution < -0.4 is 0 Å². The third-order valence-corrected chi connectivity index (χ3v) is 3.63. The first-order chi connectivity index (χ1) is 11.2. The molecule has 0 bridgehead atoms. The first-order valence-electron chi connectivity index (χ1n) is 8.71. The molecule has 0 aromatic rings. The Morgan fingerprint density at radius 2 is 1.48 bits per heavy atom. The van der Waals surface area contributed by atoms with Crippen LogP contribution in [0.4, 0.5) is 0 Å². The smallest absolute Gasteiger partial charge is 0.303 e. The van der Waals surface area contributed by atoms with Crippen molar-refractivity contribution in [2.45, 2.75) is 70.5 Å². The van der Waals surface area contributed by atoms with Crippen LogP contribution >= 0.6 is 0 Å². The Hall–Kier alpha value is -1.61. The Balaban J connectivity index is 1.96. The largest absolute Gasteiger partial charge is 0.481 e. The molecular weight excluding hydrogens is 288 g/mol. The second kappa shape index (κ2) is 12.9. The number of unbranched alkanes of at least 4 members (excludes halogenated alkanes) is 1. The fourth-order valence-corrected chi connectivity index (χ4v) is 2.25. The summed E-state index contributed by atoms with van der Waals surface area (Å²) in [6, 6.07) is 0.